The Hall–Kier alpha value is -2.43. The summed E-state index contributed by atoms with van der Waals surface area (Å²) in [5.74, 6) is -1.34. The van der Waals surface area contributed by atoms with Crippen molar-refractivity contribution < 1.29 is 26.4 Å². The molecule has 168 valence electrons. The molecule has 0 aromatic heterocycles. The van der Waals surface area contributed by atoms with E-state index in [4.69, 9.17) is 11.6 Å². The van der Waals surface area contributed by atoms with Gasteiger partial charge in [0.1, 0.15) is 5.25 Å². The smallest absolute Gasteiger partial charge is 0.255 e. The normalized spacial score (nSPS) is 12.8. The fourth-order valence-electron chi connectivity index (χ4n) is 2.62. The first kappa shape index (κ1) is 24.8. The molecule has 0 radical (unpaired) electrons. The molecule has 0 fully saturated rings. The van der Waals surface area contributed by atoms with Gasteiger partial charge < -0.3 is 10.6 Å². The number of amides is 2. The van der Waals surface area contributed by atoms with Crippen molar-refractivity contribution in [3.8, 4) is 0 Å². The van der Waals surface area contributed by atoms with Crippen molar-refractivity contribution in [3.63, 3.8) is 0 Å². The zero-order valence-corrected chi connectivity index (χ0v) is 19.6. The van der Waals surface area contributed by atoms with E-state index in [1.165, 1.54) is 49.4 Å². The molecule has 8 nitrogen and oxygen atoms in total. The first-order chi connectivity index (χ1) is 14.3. The van der Waals surface area contributed by atoms with E-state index in [2.05, 4.69) is 10.6 Å². The van der Waals surface area contributed by atoms with Gasteiger partial charge in [0, 0.05) is 17.5 Å². The van der Waals surface area contributed by atoms with Crippen molar-refractivity contribution in [1.29, 1.82) is 0 Å². The van der Waals surface area contributed by atoms with Crippen LogP contribution in [0.4, 0.5) is 11.4 Å². The van der Waals surface area contributed by atoms with E-state index < -0.39 is 36.7 Å². The molecule has 0 bridgehead atoms. The van der Waals surface area contributed by atoms with Gasteiger partial charge in [-0.1, -0.05) is 24.6 Å². The van der Waals surface area contributed by atoms with Gasteiger partial charge in [0.25, 0.3) is 5.91 Å². The maximum atomic E-state index is 12.5. The fourth-order valence-corrected chi connectivity index (χ4v) is 4.83. The number of halogens is 1. The predicted octanol–water partition coefficient (Wildman–Crippen LogP) is 3.15. The van der Waals surface area contributed by atoms with E-state index in [-0.39, 0.29) is 32.6 Å². The van der Waals surface area contributed by atoms with E-state index in [1.807, 2.05) is 0 Å². The number of anilines is 2. The van der Waals surface area contributed by atoms with Crippen LogP contribution >= 0.6 is 11.6 Å². The molecule has 0 saturated heterocycles. The number of nitrogens with one attached hydrogen (secondary N) is 2. The molecule has 11 heteroatoms. The van der Waals surface area contributed by atoms with Crippen molar-refractivity contribution in [3.05, 3.63) is 53.1 Å². The second kappa shape index (κ2) is 9.80. The molecule has 0 heterocycles. The van der Waals surface area contributed by atoms with E-state index >= 15 is 0 Å². The van der Waals surface area contributed by atoms with E-state index in [9.17, 15) is 26.4 Å². The minimum absolute atomic E-state index is 0.0106. The number of carbonyl (C=O) groups excluding carboxylic acids is 2. The lowest BCUT2D eigenvalue weighted by Gasteiger charge is -2.14. The van der Waals surface area contributed by atoms with Crippen LogP contribution in [0, 0.1) is 0 Å². The van der Waals surface area contributed by atoms with Gasteiger partial charge in [-0.2, -0.15) is 0 Å². The Labute approximate surface area is 186 Å². The van der Waals surface area contributed by atoms with Crippen LogP contribution in [-0.4, -0.2) is 45.9 Å². The number of rotatable bonds is 8. The average molecular weight is 487 g/mol. The van der Waals surface area contributed by atoms with Crippen molar-refractivity contribution in [2.45, 2.75) is 30.4 Å². The first-order valence-corrected chi connectivity index (χ1v) is 13.3. The van der Waals surface area contributed by atoms with Gasteiger partial charge in [0.15, 0.2) is 19.7 Å². The number of sulfone groups is 2. The standard InChI is InChI=1S/C20H23ClN2O6S2/c1-4-10-31(28,29)13(2)19(24)22-15-8-9-18(17(21)12-15)23-20(25)14-6-5-7-16(11-14)30(3,26)27/h5-9,11-13H,4,10H2,1-3H3,(H,22,24)(H,23,25). The number of benzene rings is 2. The summed E-state index contributed by atoms with van der Waals surface area (Å²) in [5, 5.41) is 3.97. The largest absolute Gasteiger partial charge is 0.325 e. The molecule has 2 aromatic carbocycles. The summed E-state index contributed by atoms with van der Waals surface area (Å²) in [6.07, 6.45) is 1.45. The van der Waals surface area contributed by atoms with Crippen molar-refractivity contribution >= 4 is 54.5 Å². The Kier molecular flexibility index (Phi) is 7.85. The zero-order chi connectivity index (χ0) is 23.4. The van der Waals surface area contributed by atoms with Crippen LogP contribution in [0.1, 0.15) is 30.6 Å². The van der Waals surface area contributed by atoms with Crippen molar-refractivity contribution in [2.24, 2.45) is 0 Å². The summed E-state index contributed by atoms with van der Waals surface area (Å²) < 4.78 is 47.4. The minimum atomic E-state index is -3.55. The molecular weight excluding hydrogens is 464 g/mol. The second-order valence-corrected chi connectivity index (χ2v) is 11.8. The van der Waals surface area contributed by atoms with Gasteiger partial charge in [-0.25, -0.2) is 16.8 Å². The van der Waals surface area contributed by atoms with Gasteiger partial charge in [-0.3, -0.25) is 9.59 Å². The topological polar surface area (TPSA) is 126 Å². The second-order valence-electron chi connectivity index (χ2n) is 6.95. The Bertz CT molecular complexity index is 1210. The lowest BCUT2D eigenvalue weighted by Crippen LogP contribution is -2.34. The zero-order valence-electron chi connectivity index (χ0n) is 17.2. The summed E-state index contributed by atoms with van der Waals surface area (Å²) in [7, 11) is -7.02. The summed E-state index contributed by atoms with van der Waals surface area (Å²) in [4.78, 5) is 24.7. The Morgan fingerprint density at radius 3 is 2.29 bits per heavy atom. The number of carbonyl (C=O) groups is 2. The Balaban J connectivity index is 2.15. The summed E-state index contributed by atoms with van der Waals surface area (Å²) >= 11 is 6.19. The molecule has 2 amide bonds. The lowest BCUT2D eigenvalue weighted by molar-refractivity contribution is -0.115. The molecule has 31 heavy (non-hydrogen) atoms. The third-order valence-corrected chi connectivity index (χ3v) is 8.10. The van der Waals surface area contributed by atoms with Crippen LogP contribution in [-0.2, 0) is 24.5 Å². The van der Waals surface area contributed by atoms with Gasteiger partial charge >= 0.3 is 0 Å². The van der Waals surface area contributed by atoms with Crippen molar-refractivity contribution in [1.82, 2.24) is 0 Å². The van der Waals surface area contributed by atoms with Gasteiger partial charge in [-0.05, 0) is 49.7 Å². The molecule has 0 aliphatic heterocycles. The van der Waals surface area contributed by atoms with E-state index in [1.54, 1.807) is 6.92 Å². The van der Waals surface area contributed by atoms with Crippen LogP contribution < -0.4 is 10.6 Å². The molecule has 0 aliphatic rings. The fraction of sp³-hybridized carbons (Fsp3) is 0.300. The molecule has 2 aromatic rings. The molecule has 1 unspecified atom stereocenters. The molecule has 2 N–H and O–H groups in total. The highest BCUT2D eigenvalue weighted by Gasteiger charge is 2.27. The number of hydrogen-bond acceptors (Lipinski definition) is 6. The van der Waals surface area contributed by atoms with Crippen molar-refractivity contribution in [2.75, 3.05) is 22.6 Å². The lowest BCUT2D eigenvalue weighted by atomic mass is 10.2. The third kappa shape index (κ3) is 6.52. The molecule has 2 rings (SSSR count). The van der Waals surface area contributed by atoms with Crippen LogP contribution in [0.3, 0.4) is 0 Å². The Morgan fingerprint density at radius 2 is 1.71 bits per heavy atom. The molecule has 0 saturated carbocycles. The number of hydrogen-bond donors (Lipinski definition) is 2. The molecule has 0 spiro atoms. The van der Waals surface area contributed by atoms with Crippen LogP contribution in [0.2, 0.25) is 5.02 Å². The molecule has 0 aliphatic carbocycles. The maximum absolute atomic E-state index is 12.5. The first-order valence-electron chi connectivity index (χ1n) is 9.28. The van der Waals surface area contributed by atoms with Gasteiger partial charge in [0.05, 0.1) is 21.4 Å². The predicted molar refractivity (Wildman–Crippen MR) is 121 cm³/mol. The average Bonchev–Trinajstić information content (AvgIpc) is 2.68. The minimum Gasteiger partial charge on any atom is -0.325 e. The summed E-state index contributed by atoms with van der Waals surface area (Å²) in [5.41, 5.74) is 0.637. The third-order valence-electron chi connectivity index (χ3n) is 4.41. The highest BCUT2D eigenvalue weighted by atomic mass is 35.5. The highest BCUT2D eigenvalue weighted by Crippen LogP contribution is 2.26. The van der Waals surface area contributed by atoms with E-state index in [0.717, 1.165) is 6.26 Å². The highest BCUT2D eigenvalue weighted by molar-refractivity contribution is 7.92. The summed E-state index contributed by atoms with van der Waals surface area (Å²) in [6.45, 7) is 3.04. The SMILES string of the molecule is CCCS(=O)(=O)C(C)C(=O)Nc1ccc(NC(=O)c2cccc(S(C)(=O)=O)c2)c(Cl)c1. The van der Waals surface area contributed by atoms with Crippen LogP contribution in [0.5, 0.6) is 0 Å². The summed E-state index contributed by atoms with van der Waals surface area (Å²) in [6, 6.07) is 9.85. The van der Waals surface area contributed by atoms with Gasteiger partial charge in [-0.15, -0.1) is 0 Å². The van der Waals surface area contributed by atoms with Crippen LogP contribution in [0.15, 0.2) is 47.4 Å². The maximum Gasteiger partial charge on any atom is 0.255 e. The Morgan fingerprint density at radius 1 is 1.03 bits per heavy atom. The van der Waals surface area contributed by atoms with Gasteiger partial charge in [0.2, 0.25) is 5.91 Å². The van der Waals surface area contributed by atoms with E-state index in [0.29, 0.717) is 6.42 Å². The van der Waals surface area contributed by atoms with Crippen LogP contribution in [0.25, 0.3) is 0 Å². The molecule has 1 atom stereocenters. The molecular formula is C20H23ClN2O6S2. The quantitative estimate of drug-likeness (QED) is 0.590. The monoisotopic (exact) mass is 486 g/mol.